The summed E-state index contributed by atoms with van der Waals surface area (Å²) in [5.41, 5.74) is 1.43. The fourth-order valence-corrected chi connectivity index (χ4v) is 4.87. The van der Waals surface area contributed by atoms with Crippen LogP contribution in [-0.2, 0) is 11.8 Å². The molecule has 2 heterocycles. The van der Waals surface area contributed by atoms with Gasteiger partial charge >= 0.3 is 0 Å². The van der Waals surface area contributed by atoms with Gasteiger partial charge in [-0.05, 0) is 18.2 Å². The van der Waals surface area contributed by atoms with Gasteiger partial charge in [0.05, 0.1) is 17.0 Å². The van der Waals surface area contributed by atoms with Crippen molar-refractivity contribution in [2.45, 2.75) is 4.90 Å². The maximum absolute atomic E-state index is 14.0. The number of halogens is 1. The van der Waals surface area contributed by atoms with E-state index >= 15 is 0 Å². The van der Waals surface area contributed by atoms with Crippen LogP contribution >= 0.6 is 11.8 Å². The number of rotatable bonds is 7. The number of nitrogens with zero attached hydrogens (tertiary/aromatic N) is 3. The smallest absolute Gasteiger partial charge is 0.251 e. The number of thioether (sulfide) groups is 1. The molecule has 0 bridgehead atoms. The molecule has 0 radical (unpaired) electrons. The van der Waals surface area contributed by atoms with E-state index in [2.05, 4.69) is 15.1 Å². The second kappa shape index (κ2) is 10.2. The Hall–Kier alpha value is -2.84. The van der Waals surface area contributed by atoms with Crippen LogP contribution in [0.2, 0.25) is 0 Å². The van der Waals surface area contributed by atoms with Gasteiger partial charge in [-0.25, -0.2) is 4.39 Å². The van der Waals surface area contributed by atoms with Gasteiger partial charge in [0.25, 0.3) is 5.56 Å². The molecule has 1 aliphatic heterocycles. The zero-order chi connectivity index (χ0) is 22.5. The van der Waals surface area contributed by atoms with Crippen LogP contribution in [-0.4, -0.2) is 60.4 Å². The van der Waals surface area contributed by atoms with Gasteiger partial charge in [-0.15, -0.1) is 11.8 Å². The SMILES string of the molecule is Cn1c(=O)cc(SCC(=O)NCCN2CCN(c3ccccc3F)CC2)c2ccccc21. The molecule has 1 N–H and O–H groups in total. The monoisotopic (exact) mass is 454 g/mol. The Morgan fingerprint density at radius 1 is 1.06 bits per heavy atom. The third-order valence-corrected chi connectivity index (χ3v) is 6.85. The summed E-state index contributed by atoms with van der Waals surface area (Å²) in [5.74, 6) is 0.0256. The van der Waals surface area contributed by atoms with E-state index in [1.165, 1.54) is 17.8 Å². The lowest BCUT2D eigenvalue weighted by atomic mass is 10.2. The molecule has 2 aromatic carbocycles. The number of nitrogens with one attached hydrogen (secondary N) is 1. The third kappa shape index (κ3) is 5.14. The van der Waals surface area contributed by atoms with Crippen molar-refractivity contribution in [3.63, 3.8) is 0 Å². The molecular weight excluding hydrogens is 427 g/mol. The average molecular weight is 455 g/mol. The maximum Gasteiger partial charge on any atom is 0.251 e. The van der Waals surface area contributed by atoms with Crippen molar-refractivity contribution < 1.29 is 9.18 Å². The Morgan fingerprint density at radius 2 is 1.78 bits per heavy atom. The van der Waals surface area contributed by atoms with Crippen LogP contribution < -0.4 is 15.8 Å². The molecule has 8 heteroatoms. The molecule has 32 heavy (non-hydrogen) atoms. The van der Waals surface area contributed by atoms with Gasteiger partial charge in [0.15, 0.2) is 0 Å². The highest BCUT2D eigenvalue weighted by molar-refractivity contribution is 8.00. The molecule has 0 unspecified atom stereocenters. The number of hydrogen-bond acceptors (Lipinski definition) is 5. The van der Waals surface area contributed by atoms with Crippen LogP contribution in [0, 0.1) is 5.82 Å². The minimum atomic E-state index is -0.185. The lowest BCUT2D eigenvalue weighted by molar-refractivity contribution is -0.118. The van der Waals surface area contributed by atoms with Crippen LogP contribution in [0.4, 0.5) is 10.1 Å². The normalized spacial score (nSPS) is 14.6. The van der Waals surface area contributed by atoms with Gasteiger partial charge in [-0.1, -0.05) is 30.3 Å². The second-order valence-electron chi connectivity index (χ2n) is 7.84. The Morgan fingerprint density at radius 3 is 2.56 bits per heavy atom. The predicted octanol–water partition coefficient (Wildman–Crippen LogP) is 2.71. The van der Waals surface area contributed by atoms with E-state index in [-0.39, 0.29) is 23.0 Å². The van der Waals surface area contributed by atoms with Crippen LogP contribution in [0.25, 0.3) is 10.9 Å². The van der Waals surface area contributed by atoms with Crippen molar-refractivity contribution in [1.82, 2.24) is 14.8 Å². The van der Waals surface area contributed by atoms with E-state index < -0.39 is 0 Å². The summed E-state index contributed by atoms with van der Waals surface area (Å²) in [5, 5.41) is 3.94. The Kier molecular flexibility index (Phi) is 7.12. The molecule has 168 valence electrons. The Bertz CT molecular complexity index is 1160. The summed E-state index contributed by atoms with van der Waals surface area (Å²) in [4.78, 5) is 29.7. The van der Waals surface area contributed by atoms with Crippen molar-refractivity contribution >= 4 is 34.3 Å². The molecule has 1 aromatic heterocycles. The van der Waals surface area contributed by atoms with Gasteiger partial charge in [0.1, 0.15) is 5.82 Å². The second-order valence-corrected chi connectivity index (χ2v) is 8.86. The number of benzene rings is 2. The molecule has 0 aliphatic carbocycles. The minimum absolute atomic E-state index is 0.0512. The largest absolute Gasteiger partial charge is 0.367 e. The van der Waals surface area contributed by atoms with Crippen molar-refractivity contribution in [2.24, 2.45) is 7.05 Å². The van der Waals surface area contributed by atoms with Gasteiger partial charge in [-0.2, -0.15) is 0 Å². The fourth-order valence-electron chi connectivity index (χ4n) is 3.97. The molecule has 3 aromatic rings. The first-order valence-corrected chi connectivity index (χ1v) is 11.7. The highest BCUT2D eigenvalue weighted by atomic mass is 32.2. The van der Waals surface area contributed by atoms with Crippen molar-refractivity contribution in [1.29, 1.82) is 0 Å². The number of hydrogen-bond donors (Lipinski definition) is 1. The van der Waals surface area contributed by atoms with E-state index in [0.29, 0.717) is 12.2 Å². The number of fused-ring (bicyclic) bond motifs is 1. The van der Waals surface area contributed by atoms with E-state index in [4.69, 9.17) is 0 Å². The first-order chi connectivity index (χ1) is 15.5. The standard InChI is InChI=1S/C24H27FN4O2S/c1-27-20-8-4-2-6-18(20)22(16-24(27)31)32-17-23(30)26-10-11-28-12-14-29(15-13-28)21-9-5-3-7-19(21)25/h2-9,16H,10-15,17H2,1H3,(H,26,30). The summed E-state index contributed by atoms with van der Waals surface area (Å²) in [6.45, 7) is 4.52. The topological polar surface area (TPSA) is 57.6 Å². The Balaban J connectivity index is 1.22. The van der Waals surface area contributed by atoms with Crippen molar-refractivity contribution in [3.05, 3.63) is 70.8 Å². The molecule has 1 aliphatic rings. The molecule has 1 amide bonds. The third-order valence-electron chi connectivity index (χ3n) is 5.79. The zero-order valence-corrected chi connectivity index (χ0v) is 18.9. The highest BCUT2D eigenvalue weighted by Crippen LogP contribution is 2.26. The van der Waals surface area contributed by atoms with Gasteiger partial charge in [-0.3, -0.25) is 14.5 Å². The fraction of sp³-hybridized carbons (Fsp3) is 0.333. The van der Waals surface area contributed by atoms with E-state index in [9.17, 15) is 14.0 Å². The molecular formula is C24H27FN4O2S. The maximum atomic E-state index is 14.0. The molecule has 0 atom stereocenters. The van der Waals surface area contributed by atoms with E-state index in [1.54, 1.807) is 23.7 Å². The average Bonchev–Trinajstić information content (AvgIpc) is 2.81. The number of piperazine rings is 1. The van der Waals surface area contributed by atoms with Crippen LogP contribution in [0.5, 0.6) is 0 Å². The summed E-state index contributed by atoms with van der Waals surface area (Å²) in [6, 6.07) is 16.2. The first kappa shape index (κ1) is 22.4. The highest BCUT2D eigenvalue weighted by Gasteiger charge is 2.19. The number of para-hydroxylation sites is 2. The summed E-state index contributed by atoms with van der Waals surface area (Å²) in [7, 11) is 1.75. The molecule has 0 spiro atoms. The summed E-state index contributed by atoms with van der Waals surface area (Å²) < 4.78 is 15.6. The number of amides is 1. The quantitative estimate of drug-likeness (QED) is 0.557. The number of pyridine rings is 1. The minimum Gasteiger partial charge on any atom is -0.367 e. The summed E-state index contributed by atoms with van der Waals surface area (Å²) in [6.07, 6.45) is 0. The number of aromatic nitrogens is 1. The van der Waals surface area contributed by atoms with Gasteiger partial charge < -0.3 is 14.8 Å². The van der Waals surface area contributed by atoms with Crippen LogP contribution in [0.3, 0.4) is 0 Å². The van der Waals surface area contributed by atoms with Gasteiger partial charge in [0, 0.05) is 62.7 Å². The first-order valence-electron chi connectivity index (χ1n) is 10.7. The van der Waals surface area contributed by atoms with Crippen molar-refractivity contribution in [3.8, 4) is 0 Å². The van der Waals surface area contributed by atoms with Crippen LogP contribution in [0.1, 0.15) is 0 Å². The molecule has 1 fully saturated rings. The molecule has 1 saturated heterocycles. The van der Waals surface area contributed by atoms with Gasteiger partial charge in [0.2, 0.25) is 5.91 Å². The lowest BCUT2D eigenvalue weighted by Crippen LogP contribution is -2.48. The van der Waals surface area contributed by atoms with Crippen LogP contribution in [0.15, 0.2) is 64.3 Å². The zero-order valence-electron chi connectivity index (χ0n) is 18.1. The summed E-state index contributed by atoms with van der Waals surface area (Å²) >= 11 is 1.38. The molecule has 6 nitrogen and oxygen atoms in total. The predicted molar refractivity (Wildman–Crippen MR) is 128 cm³/mol. The number of carbonyl (C=O) groups excluding carboxylic acids is 1. The lowest BCUT2D eigenvalue weighted by Gasteiger charge is -2.36. The van der Waals surface area contributed by atoms with E-state index in [0.717, 1.165) is 48.5 Å². The molecule has 4 rings (SSSR count). The number of anilines is 1. The Labute approximate surface area is 191 Å². The number of aryl methyl sites for hydroxylation is 1. The molecule has 0 saturated carbocycles. The van der Waals surface area contributed by atoms with E-state index in [1.807, 2.05) is 36.4 Å². The van der Waals surface area contributed by atoms with Crippen molar-refractivity contribution in [2.75, 3.05) is 49.9 Å². The number of carbonyl (C=O) groups is 1.